The second kappa shape index (κ2) is 7.34. The Labute approximate surface area is 180 Å². The second-order valence-corrected chi connectivity index (χ2v) is 7.69. The fourth-order valence-electron chi connectivity index (χ4n) is 3.22. The molecule has 1 N–H and O–H groups in total. The Balaban J connectivity index is 1.49. The first-order valence-corrected chi connectivity index (χ1v) is 10.1. The van der Waals surface area contributed by atoms with Gasteiger partial charge in [-0.25, -0.2) is 14.6 Å². The van der Waals surface area contributed by atoms with Gasteiger partial charge in [0.2, 0.25) is 0 Å². The molecule has 5 aromatic rings. The van der Waals surface area contributed by atoms with E-state index in [0.29, 0.717) is 5.82 Å². The van der Waals surface area contributed by atoms with Crippen LogP contribution in [0.5, 0.6) is 0 Å². The summed E-state index contributed by atoms with van der Waals surface area (Å²) in [5, 5.41) is 15.9. The van der Waals surface area contributed by atoms with E-state index in [0.717, 1.165) is 44.3 Å². The number of anilines is 2. The maximum absolute atomic E-state index is 4.78. The first-order valence-electron chi connectivity index (χ1n) is 9.31. The van der Waals surface area contributed by atoms with Gasteiger partial charge in [-0.1, -0.05) is 6.07 Å². The highest BCUT2D eigenvalue weighted by Crippen LogP contribution is 2.23. The van der Waals surface area contributed by atoms with Crippen LogP contribution >= 0.6 is 15.9 Å². The number of imidazole rings is 1. The highest BCUT2D eigenvalue weighted by Gasteiger charge is 2.10. The second-order valence-electron chi connectivity index (χ2n) is 6.88. The third-order valence-corrected chi connectivity index (χ3v) is 5.05. The molecule has 0 saturated carbocycles. The van der Waals surface area contributed by atoms with Gasteiger partial charge in [-0.05, 0) is 78.3 Å². The van der Waals surface area contributed by atoms with Crippen molar-refractivity contribution >= 4 is 38.5 Å². The van der Waals surface area contributed by atoms with Gasteiger partial charge in [0.05, 0.1) is 16.7 Å². The molecule has 4 heterocycles. The maximum atomic E-state index is 4.78. The first kappa shape index (κ1) is 18.4. The van der Waals surface area contributed by atoms with Crippen LogP contribution in [0.4, 0.5) is 11.5 Å². The van der Waals surface area contributed by atoms with E-state index in [4.69, 9.17) is 4.98 Å². The highest BCUT2D eigenvalue weighted by molar-refractivity contribution is 9.10. The SMILES string of the molecule is Cc1ccc(Nc2ccc3c(c2)ncn3-c2cccc(-n3nc(Br)cc3C)n2)nn1. The van der Waals surface area contributed by atoms with Crippen molar-refractivity contribution in [3.8, 4) is 11.6 Å². The van der Waals surface area contributed by atoms with Gasteiger partial charge in [0, 0.05) is 11.4 Å². The van der Waals surface area contributed by atoms with Crippen LogP contribution in [0.3, 0.4) is 0 Å². The third-order valence-electron chi connectivity index (χ3n) is 4.66. The molecule has 8 nitrogen and oxygen atoms in total. The van der Waals surface area contributed by atoms with Crippen LogP contribution in [0.25, 0.3) is 22.7 Å². The summed E-state index contributed by atoms with van der Waals surface area (Å²) in [5.41, 5.74) is 4.58. The summed E-state index contributed by atoms with van der Waals surface area (Å²) in [6.45, 7) is 3.90. The zero-order chi connectivity index (χ0) is 20.7. The van der Waals surface area contributed by atoms with Crippen LogP contribution in [0, 0.1) is 13.8 Å². The number of benzene rings is 1. The molecule has 4 aromatic heterocycles. The van der Waals surface area contributed by atoms with Crippen LogP contribution in [0.2, 0.25) is 0 Å². The summed E-state index contributed by atoms with van der Waals surface area (Å²) in [6, 6.07) is 17.6. The third kappa shape index (κ3) is 3.43. The van der Waals surface area contributed by atoms with Gasteiger partial charge >= 0.3 is 0 Å². The molecular formula is C21H17BrN8. The van der Waals surface area contributed by atoms with Gasteiger partial charge < -0.3 is 5.32 Å². The summed E-state index contributed by atoms with van der Waals surface area (Å²) in [7, 11) is 0. The van der Waals surface area contributed by atoms with E-state index >= 15 is 0 Å². The van der Waals surface area contributed by atoms with Crippen LogP contribution in [0.15, 0.2) is 65.5 Å². The van der Waals surface area contributed by atoms with Crippen LogP contribution < -0.4 is 5.32 Å². The van der Waals surface area contributed by atoms with E-state index < -0.39 is 0 Å². The van der Waals surface area contributed by atoms with Crippen molar-refractivity contribution in [1.29, 1.82) is 0 Å². The molecule has 0 unspecified atom stereocenters. The van der Waals surface area contributed by atoms with Crippen molar-refractivity contribution in [2.75, 3.05) is 5.32 Å². The van der Waals surface area contributed by atoms with Crippen molar-refractivity contribution in [3.05, 3.63) is 76.9 Å². The molecule has 5 rings (SSSR count). The number of nitrogens with one attached hydrogen (secondary N) is 1. The van der Waals surface area contributed by atoms with Crippen molar-refractivity contribution < 1.29 is 0 Å². The molecule has 148 valence electrons. The molecular weight excluding hydrogens is 444 g/mol. The molecule has 0 saturated heterocycles. The molecule has 0 aliphatic heterocycles. The number of pyridine rings is 1. The minimum absolute atomic E-state index is 0.689. The monoisotopic (exact) mass is 460 g/mol. The van der Waals surface area contributed by atoms with Gasteiger partial charge in [-0.15, -0.1) is 5.10 Å². The standard InChI is InChI=1S/C21H17BrN8/c1-13-6-9-19(27-26-13)24-15-7-8-17-16(11-15)23-12-29(17)20-4-3-5-21(25-20)30-14(2)10-18(22)28-30/h3-12H,1-2H3,(H,24,27). The largest absolute Gasteiger partial charge is 0.339 e. The minimum Gasteiger partial charge on any atom is -0.339 e. The summed E-state index contributed by atoms with van der Waals surface area (Å²) in [5.74, 6) is 2.20. The number of aryl methyl sites for hydroxylation is 2. The van der Waals surface area contributed by atoms with Gasteiger partial charge in [0.15, 0.2) is 11.6 Å². The summed E-state index contributed by atoms with van der Waals surface area (Å²) < 4.78 is 4.54. The molecule has 0 aliphatic carbocycles. The molecule has 0 radical (unpaired) electrons. The molecule has 0 fully saturated rings. The molecule has 0 amide bonds. The fraction of sp³-hybridized carbons (Fsp3) is 0.0952. The number of rotatable bonds is 4. The number of aromatic nitrogens is 7. The number of hydrogen-bond acceptors (Lipinski definition) is 6. The Hall–Kier alpha value is -3.59. The maximum Gasteiger partial charge on any atom is 0.156 e. The quantitative estimate of drug-likeness (QED) is 0.424. The number of halogens is 1. The van der Waals surface area contributed by atoms with E-state index in [1.54, 1.807) is 11.0 Å². The molecule has 0 aliphatic rings. The Morgan fingerprint density at radius 3 is 2.57 bits per heavy atom. The van der Waals surface area contributed by atoms with Gasteiger partial charge in [-0.3, -0.25) is 4.57 Å². The lowest BCUT2D eigenvalue weighted by Crippen LogP contribution is -2.04. The number of fused-ring (bicyclic) bond motifs is 1. The molecule has 9 heteroatoms. The van der Waals surface area contributed by atoms with Crippen molar-refractivity contribution in [1.82, 2.24) is 34.5 Å². The smallest absolute Gasteiger partial charge is 0.156 e. The molecule has 0 bridgehead atoms. The average Bonchev–Trinajstić information content (AvgIpc) is 3.32. The lowest BCUT2D eigenvalue weighted by Gasteiger charge is -2.08. The van der Waals surface area contributed by atoms with Crippen LogP contribution in [-0.4, -0.2) is 34.5 Å². The zero-order valence-electron chi connectivity index (χ0n) is 16.3. The van der Waals surface area contributed by atoms with E-state index in [1.807, 2.05) is 73.0 Å². The molecule has 0 atom stereocenters. The lowest BCUT2D eigenvalue weighted by atomic mass is 10.2. The predicted molar refractivity (Wildman–Crippen MR) is 118 cm³/mol. The van der Waals surface area contributed by atoms with Gasteiger partial charge in [0.1, 0.15) is 16.7 Å². The summed E-state index contributed by atoms with van der Waals surface area (Å²) in [6.07, 6.45) is 1.78. The summed E-state index contributed by atoms with van der Waals surface area (Å²) in [4.78, 5) is 9.33. The first-order chi connectivity index (χ1) is 14.6. The van der Waals surface area contributed by atoms with Crippen LogP contribution in [0.1, 0.15) is 11.4 Å². The van der Waals surface area contributed by atoms with E-state index in [9.17, 15) is 0 Å². The van der Waals surface area contributed by atoms with E-state index in [2.05, 4.69) is 41.5 Å². The predicted octanol–water partition coefficient (Wildman–Crippen LogP) is 4.52. The minimum atomic E-state index is 0.689. The molecule has 0 spiro atoms. The fourth-order valence-corrected chi connectivity index (χ4v) is 3.71. The van der Waals surface area contributed by atoms with E-state index in [-0.39, 0.29) is 0 Å². The van der Waals surface area contributed by atoms with Crippen molar-refractivity contribution in [3.63, 3.8) is 0 Å². The topological polar surface area (TPSA) is 86.3 Å². The van der Waals surface area contributed by atoms with Gasteiger partial charge in [-0.2, -0.15) is 10.2 Å². The number of hydrogen-bond donors (Lipinski definition) is 1. The Bertz CT molecular complexity index is 1350. The number of nitrogens with zero attached hydrogens (tertiary/aromatic N) is 7. The molecule has 1 aromatic carbocycles. The lowest BCUT2D eigenvalue weighted by molar-refractivity contribution is 0.803. The highest BCUT2D eigenvalue weighted by atomic mass is 79.9. The van der Waals surface area contributed by atoms with Crippen molar-refractivity contribution in [2.45, 2.75) is 13.8 Å². The normalized spacial score (nSPS) is 11.2. The summed E-state index contributed by atoms with van der Waals surface area (Å²) >= 11 is 3.41. The van der Waals surface area contributed by atoms with Crippen LogP contribution in [-0.2, 0) is 0 Å². The Morgan fingerprint density at radius 1 is 0.933 bits per heavy atom. The zero-order valence-corrected chi connectivity index (χ0v) is 17.9. The molecule has 30 heavy (non-hydrogen) atoms. The van der Waals surface area contributed by atoms with Gasteiger partial charge in [0.25, 0.3) is 0 Å². The van der Waals surface area contributed by atoms with Crippen molar-refractivity contribution in [2.24, 2.45) is 0 Å². The Morgan fingerprint density at radius 2 is 1.80 bits per heavy atom. The average molecular weight is 461 g/mol. The Kier molecular flexibility index (Phi) is 4.51. The van der Waals surface area contributed by atoms with E-state index in [1.165, 1.54) is 0 Å².